The van der Waals surface area contributed by atoms with Crippen LogP contribution in [-0.4, -0.2) is 10.1 Å². The maximum Gasteiger partial charge on any atom is 0.120 e. The molecule has 0 amide bonds. The third-order valence-corrected chi connectivity index (χ3v) is 5.70. The summed E-state index contributed by atoms with van der Waals surface area (Å²) in [5.41, 5.74) is 7.60. The Morgan fingerprint density at radius 1 is 0.889 bits per heavy atom. The largest absolute Gasteiger partial charge is 0.508 e. The molecule has 36 heavy (non-hydrogen) atoms. The van der Waals surface area contributed by atoms with Crippen LogP contribution in [-0.2, 0) is 13.0 Å². The molecule has 0 saturated heterocycles. The molecule has 4 heteroatoms. The minimum atomic E-state index is 0.403. The number of para-hydroxylation sites is 1. The molecule has 0 saturated carbocycles. The van der Waals surface area contributed by atoms with Crippen LogP contribution in [0.4, 0.5) is 0 Å². The van der Waals surface area contributed by atoms with E-state index in [2.05, 4.69) is 30.6 Å². The van der Waals surface area contributed by atoms with Crippen LogP contribution in [0, 0.1) is 20.8 Å². The molecule has 188 valence electrons. The number of rotatable bonds is 5. The summed E-state index contributed by atoms with van der Waals surface area (Å²) in [7, 11) is 0. The predicted molar refractivity (Wildman–Crippen MR) is 153 cm³/mol. The van der Waals surface area contributed by atoms with Crippen LogP contribution in [0.1, 0.15) is 47.4 Å². The monoisotopic (exact) mass is 501 g/mol. The Labute approximate surface area is 221 Å². The highest BCUT2D eigenvalue weighted by Gasteiger charge is 2.03. The van der Waals surface area contributed by atoms with E-state index in [0.29, 0.717) is 12.4 Å². The minimum Gasteiger partial charge on any atom is -0.508 e. The van der Waals surface area contributed by atoms with Gasteiger partial charge in [0.05, 0.1) is 0 Å². The van der Waals surface area contributed by atoms with E-state index in [9.17, 15) is 0 Å². The molecule has 0 unspecified atom stereocenters. The second-order valence-electron chi connectivity index (χ2n) is 8.65. The summed E-state index contributed by atoms with van der Waals surface area (Å²) < 4.78 is 5.82. The van der Waals surface area contributed by atoms with E-state index in [1.165, 1.54) is 5.56 Å². The Morgan fingerprint density at radius 2 is 1.56 bits per heavy atom. The van der Waals surface area contributed by atoms with Gasteiger partial charge in [0.2, 0.25) is 0 Å². The normalized spacial score (nSPS) is 9.83. The van der Waals surface area contributed by atoms with E-state index >= 15 is 0 Å². The van der Waals surface area contributed by atoms with E-state index in [-0.39, 0.29) is 0 Å². The molecule has 3 aromatic carbocycles. The molecule has 0 spiro atoms. The zero-order valence-corrected chi connectivity index (χ0v) is 22.6. The highest BCUT2D eigenvalue weighted by atomic mass is 35.5. The van der Waals surface area contributed by atoms with Crippen molar-refractivity contribution >= 4 is 17.2 Å². The first kappa shape index (κ1) is 28.7. The number of aromatic nitrogens is 1. The molecule has 1 aromatic heterocycles. The fraction of sp³-hybridized carbons (Fsp3) is 0.219. The van der Waals surface area contributed by atoms with Crippen LogP contribution >= 0.6 is 11.6 Å². The first-order valence-electron chi connectivity index (χ1n) is 12.0. The number of phenolic OH excluding ortho intramolecular Hbond substituents is 1. The van der Waals surface area contributed by atoms with Crippen LogP contribution in [0.15, 0.2) is 91.6 Å². The highest BCUT2D eigenvalue weighted by Crippen LogP contribution is 2.23. The van der Waals surface area contributed by atoms with Crippen molar-refractivity contribution in [3.05, 3.63) is 130 Å². The molecule has 0 aliphatic rings. The number of benzene rings is 3. The number of halogens is 1. The molecule has 1 heterocycles. The molecule has 3 nitrogen and oxygen atoms in total. The lowest BCUT2D eigenvalue weighted by molar-refractivity contribution is 0.306. The maximum atomic E-state index is 9.11. The van der Waals surface area contributed by atoms with E-state index in [1.807, 2.05) is 94.6 Å². The third-order valence-electron chi connectivity index (χ3n) is 5.33. The third kappa shape index (κ3) is 9.97. The zero-order valence-electron chi connectivity index (χ0n) is 21.9. The van der Waals surface area contributed by atoms with Gasteiger partial charge >= 0.3 is 0 Å². The molecule has 0 aliphatic carbocycles. The Morgan fingerprint density at radius 3 is 2.08 bits per heavy atom. The Kier molecular flexibility index (Phi) is 11.7. The van der Waals surface area contributed by atoms with Gasteiger partial charge in [-0.05, 0) is 86.7 Å². The van der Waals surface area contributed by atoms with E-state index in [4.69, 9.17) is 21.4 Å². The Balaban J connectivity index is 0.000000221. The molecule has 1 N–H and O–H groups in total. The summed E-state index contributed by atoms with van der Waals surface area (Å²) in [5.74, 6) is 1.25. The standard InChI is InChI=1S/C17H17ClO.C8H10O.C7H9N/c1-12(2)15-8-13(3)9-16(10-15)19-11-14-6-4-5-7-17(14)18;1-2-7-5-3-4-6-8(7)9;1-6-3-4-7(2)8-5-6/h4-10H,1,11H2,2-3H3;3-6,9H,2H2,1H3;3-5H,1-2H3. The first-order valence-corrected chi connectivity index (χ1v) is 12.4. The predicted octanol–water partition coefficient (Wildman–Crippen LogP) is 8.91. The zero-order chi connectivity index (χ0) is 26.5. The molecular weight excluding hydrogens is 466 g/mol. The fourth-order valence-electron chi connectivity index (χ4n) is 3.21. The lowest BCUT2D eigenvalue weighted by Gasteiger charge is -2.10. The number of allylic oxidation sites excluding steroid dienone is 1. The molecule has 0 atom stereocenters. The average Bonchev–Trinajstić information content (AvgIpc) is 2.86. The van der Waals surface area contributed by atoms with Gasteiger partial charge in [0.1, 0.15) is 18.1 Å². The SMILES string of the molecule is C=C(C)c1cc(C)cc(OCc2ccccc2Cl)c1.CCc1ccccc1O.Cc1ccc(C)nc1. The number of ether oxygens (including phenoxy) is 1. The van der Waals surface area contributed by atoms with Crippen LogP contribution in [0.25, 0.3) is 5.57 Å². The quantitative estimate of drug-likeness (QED) is 0.297. The maximum absolute atomic E-state index is 9.11. The van der Waals surface area contributed by atoms with Crippen molar-refractivity contribution < 1.29 is 9.84 Å². The molecule has 0 radical (unpaired) electrons. The van der Waals surface area contributed by atoms with Gasteiger partial charge in [-0.3, -0.25) is 4.98 Å². The summed E-state index contributed by atoms with van der Waals surface area (Å²) in [4.78, 5) is 4.08. The fourth-order valence-corrected chi connectivity index (χ4v) is 3.40. The van der Waals surface area contributed by atoms with Crippen LogP contribution in [0.2, 0.25) is 5.02 Å². The molecule has 0 aliphatic heterocycles. The smallest absolute Gasteiger partial charge is 0.120 e. The molecule has 4 aromatic rings. The van der Waals surface area contributed by atoms with Crippen molar-refractivity contribution in [3.63, 3.8) is 0 Å². The lowest BCUT2D eigenvalue weighted by atomic mass is 10.1. The number of hydrogen-bond acceptors (Lipinski definition) is 3. The number of phenols is 1. The van der Waals surface area contributed by atoms with Crippen molar-refractivity contribution in [1.29, 1.82) is 0 Å². The number of aryl methyl sites for hydroxylation is 4. The van der Waals surface area contributed by atoms with Gasteiger partial charge in [-0.25, -0.2) is 0 Å². The summed E-state index contributed by atoms with van der Waals surface area (Å²) in [6.45, 7) is 14.5. The van der Waals surface area contributed by atoms with Crippen LogP contribution < -0.4 is 4.74 Å². The van der Waals surface area contributed by atoms with Crippen LogP contribution in [0.3, 0.4) is 0 Å². The van der Waals surface area contributed by atoms with Gasteiger partial charge in [-0.1, -0.05) is 79.2 Å². The number of aromatic hydroxyl groups is 1. The Bertz CT molecular complexity index is 1230. The number of nitrogens with zero attached hydrogens (tertiary/aromatic N) is 1. The van der Waals surface area contributed by atoms with E-state index in [0.717, 1.165) is 50.7 Å². The van der Waals surface area contributed by atoms with Gasteiger partial charge < -0.3 is 9.84 Å². The molecule has 0 bridgehead atoms. The van der Waals surface area contributed by atoms with Gasteiger partial charge in [0, 0.05) is 22.5 Å². The van der Waals surface area contributed by atoms with Crippen molar-refractivity contribution in [2.45, 2.75) is 47.6 Å². The van der Waals surface area contributed by atoms with Gasteiger partial charge in [-0.2, -0.15) is 0 Å². The van der Waals surface area contributed by atoms with Crippen molar-refractivity contribution in [1.82, 2.24) is 4.98 Å². The lowest BCUT2D eigenvalue weighted by Crippen LogP contribution is -1.97. The summed E-state index contributed by atoms with van der Waals surface area (Å²) in [5, 5.41) is 9.84. The van der Waals surface area contributed by atoms with Crippen LogP contribution in [0.5, 0.6) is 11.5 Å². The number of hydrogen-bond donors (Lipinski definition) is 1. The van der Waals surface area contributed by atoms with Crippen molar-refractivity contribution in [3.8, 4) is 11.5 Å². The minimum absolute atomic E-state index is 0.403. The van der Waals surface area contributed by atoms with Crippen molar-refractivity contribution in [2.24, 2.45) is 0 Å². The summed E-state index contributed by atoms with van der Waals surface area (Å²) in [6, 6.07) is 25.3. The highest BCUT2D eigenvalue weighted by molar-refractivity contribution is 6.31. The van der Waals surface area contributed by atoms with Gasteiger partial charge in [-0.15, -0.1) is 0 Å². The number of pyridine rings is 1. The second-order valence-corrected chi connectivity index (χ2v) is 9.06. The summed E-state index contributed by atoms with van der Waals surface area (Å²) in [6.07, 6.45) is 2.77. The summed E-state index contributed by atoms with van der Waals surface area (Å²) >= 11 is 6.11. The van der Waals surface area contributed by atoms with Gasteiger partial charge in [0.25, 0.3) is 0 Å². The van der Waals surface area contributed by atoms with Crippen molar-refractivity contribution in [2.75, 3.05) is 0 Å². The second kappa shape index (κ2) is 14.8. The van der Waals surface area contributed by atoms with E-state index < -0.39 is 0 Å². The van der Waals surface area contributed by atoms with E-state index in [1.54, 1.807) is 6.07 Å². The first-order chi connectivity index (χ1) is 17.2. The molecule has 0 fully saturated rings. The molecular formula is C32H36ClNO2. The Hall–Kier alpha value is -3.56. The molecule has 4 rings (SSSR count). The topological polar surface area (TPSA) is 42.4 Å². The van der Waals surface area contributed by atoms with Gasteiger partial charge in [0.15, 0.2) is 0 Å². The average molecular weight is 502 g/mol.